The molecule has 1 aliphatic rings. The molecule has 1 N–H and O–H groups in total. The Morgan fingerprint density at radius 3 is 2.11 bits per heavy atom. The number of carbonyl (C=O) groups is 2. The van der Waals surface area contributed by atoms with Gasteiger partial charge in [-0.15, -0.1) is 0 Å². The highest BCUT2D eigenvalue weighted by atomic mass is 19.4. The molecule has 2 atom stereocenters. The van der Waals surface area contributed by atoms with Crippen LogP contribution < -0.4 is 19.7 Å². The third-order valence-corrected chi connectivity index (χ3v) is 5.92. The molecule has 0 saturated carbocycles. The average molecular weight is 484 g/mol. The second-order valence-electron chi connectivity index (χ2n) is 8.06. The number of amides is 2. The molecule has 1 aliphatic heterocycles. The highest BCUT2D eigenvalue weighted by molar-refractivity contribution is 6.04. The molecule has 3 aromatic carbocycles. The van der Waals surface area contributed by atoms with E-state index in [-0.39, 0.29) is 18.0 Å². The summed E-state index contributed by atoms with van der Waals surface area (Å²) in [6, 6.07) is 17.6. The predicted octanol–water partition coefficient (Wildman–Crippen LogP) is 5.46. The van der Waals surface area contributed by atoms with Crippen molar-refractivity contribution in [2.45, 2.75) is 18.6 Å². The summed E-state index contributed by atoms with van der Waals surface area (Å²) >= 11 is 0. The lowest BCUT2D eigenvalue weighted by Gasteiger charge is -2.28. The number of rotatable bonds is 6. The van der Waals surface area contributed by atoms with Gasteiger partial charge in [-0.3, -0.25) is 9.59 Å². The van der Waals surface area contributed by atoms with Crippen LogP contribution in [0.15, 0.2) is 72.8 Å². The Morgan fingerprint density at radius 1 is 0.943 bits per heavy atom. The Balaban J connectivity index is 1.69. The van der Waals surface area contributed by atoms with Crippen LogP contribution in [0.3, 0.4) is 0 Å². The molecule has 0 spiro atoms. The van der Waals surface area contributed by atoms with Gasteiger partial charge in [0.2, 0.25) is 11.8 Å². The fraction of sp³-hybridized carbons (Fsp3) is 0.231. The lowest BCUT2D eigenvalue weighted by Crippen LogP contribution is -2.32. The van der Waals surface area contributed by atoms with Crippen LogP contribution in [0.1, 0.15) is 23.6 Å². The van der Waals surface area contributed by atoms with Crippen molar-refractivity contribution in [2.24, 2.45) is 5.92 Å². The number of hydrogen-bond donors (Lipinski definition) is 1. The number of carbonyl (C=O) groups excluding carboxylic acids is 2. The number of anilines is 2. The number of alkyl halides is 3. The first-order chi connectivity index (χ1) is 16.7. The molecule has 0 unspecified atom stereocenters. The topological polar surface area (TPSA) is 67.9 Å². The molecule has 9 heteroatoms. The van der Waals surface area contributed by atoms with Crippen LogP contribution in [0, 0.1) is 5.92 Å². The number of hydrogen-bond acceptors (Lipinski definition) is 4. The molecular formula is C26H23F3N2O4. The van der Waals surface area contributed by atoms with Crippen molar-refractivity contribution in [1.82, 2.24) is 0 Å². The Labute approximate surface area is 200 Å². The van der Waals surface area contributed by atoms with Crippen molar-refractivity contribution in [1.29, 1.82) is 0 Å². The Morgan fingerprint density at radius 2 is 1.54 bits per heavy atom. The number of methoxy groups -OCH3 is 2. The monoisotopic (exact) mass is 484 g/mol. The maximum absolute atomic E-state index is 13.3. The molecule has 0 aliphatic carbocycles. The molecule has 35 heavy (non-hydrogen) atoms. The summed E-state index contributed by atoms with van der Waals surface area (Å²) < 4.78 is 49.7. The van der Waals surface area contributed by atoms with Crippen molar-refractivity contribution >= 4 is 23.2 Å². The second kappa shape index (κ2) is 9.69. The van der Waals surface area contributed by atoms with E-state index in [1.165, 1.54) is 31.3 Å². The molecule has 6 nitrogen and oxygen atoms in total. The Kier molecular flexibility index (Phi) is 6.68. The molecular weight excluding hydrogens is 461 g/mol. The summed E-state index contributed by atoms with van der Waals surface area (Å²) in [7, 11) is 3.06. The smallest absolute Gasteiger partial charge is 0.416 e. The van der Waals surface area contributed by atoms with Crippen LogP contribution in [0.2, 0.25) is 0 Å². The summed E-state index contributed by atoms with van der Waals surface area (Å²) in [6.45, 7) is 0. The molecule has 0 aromatic heterocycles. The van der Waals surface area contributed by atoms with Crippen LogP contribution in [0.25, 0.3) is 0 Å². The molecule has 1 heterocycles. The van der Waals surface area contributed by atoms with Crippen molar-refractivity contribution in [3.63, 3.8) is 0 Å². The Hall–Kier alpha value is -4.01. The molecule has 182 valence electrons. The molecule has 0 bridgehead atoms. The lowest BCUT2D eigenvalue weighted by atomic mass is 9.92. The van der Waals surface area contributed by atoms with Crippen molar-refractivity contribution in [2.75, 3.05) is 24.4 Å². The summed E-state index contributed by atoms with van der Waals surface area (Å²) in [5, 5.41) is 2.57. The highest BCUT2D eigenvalue weighted by Crippen LogP contribution is 2.43. The van der Waals surface area contributed by atoms with E-state index in [9.17, 15) is 22.8 Å². The standard InChI is InChI=1S/C26H23F3N2O4/c1-34-20-10-6-16(7-11-20)24-22(15-23(32)31(24)19-8-12-21(35-2)13-9-19)25(33)30-18-5-3-4-17(14-18)26(27,28)29/h3-14,22,24H,15H2,1-2H3,(H,30,33)/t22-,24+/m1/s1. The van der Waals surface area contributed by atoms with Crippen molar-refractivity contribution < 1.29 is 32.2 Å². The minimum absolute atomic E-state index is 0.00801. The minimum Gasteiger partial charge on any atom is -0.497 e. The maximum atomic E-state index is 13.3. The van der Waals surface area contributed by atoms with E-state index in [0.717, 1.165) is 12.1 Å². The molecule has 4 rings (SSSR count). The quantitative estimate of drug-likeness (QED) is 0.505. The molecule has 1 saturated heterocycles. The van der Waals surface area contributed by atoms with Crippen LogP contribution in [-0.2, 0) is 15.8 Å². The van der Waals surface area contributed by atoms with E-state index in [1.807, 2.05) is 0 Å². The number of nitrogens with zero attached hydrogens (tertiary/aromatic N) is 1. The van der Waals surface area contributed by atoms with Gasteiger partial charge in [0, 0.05) is 17.8 Å². The molecule has 0 radical (unpaired) electrons. The zero-order valence-electron chi connectivity index (χ0n) is 19.0. The number of ether oxygens (including phenoxy) is 2. The highest BCUT2D eigenvalue weighted by Gasteiger charge is 2.45. The van der Waals surface area contributed by atoms with Gasteiger partial charge in [-0.25, -0.2) is 0 Å². The van der Waals surface area contributed by atoms with Gasteiger partial charge in [0.25, 0.3) is 0 Å². The van der Waals surface area contributed by atoms with Gasteiger partial charge in [0.15, 0.2) is 0 Å². The first kappa shape index (κ1) is 24.1. The fourth-order valence-electron chi connectivity index (χ4n) is 4.21. The van der Waals surface area contributed by atoms with E-state index in [1.54, 1.807) is 48.5 Å². The van der Waals surface area contributed by atoms with Crippen LogP contribution in [0.5, 0.6) is 11.5 Å². The zero-order chi connectivity index (χ0) is 25.2. The normalized spacial score (nSPS) is 17.9. The minimum atomic E-state index is -4.54. The number of nitrogens with one attached hydrogen (secondary N) is 1. The summed E-state index contributed by atoms with van der Waals surface area (Å²) in [6.07, 6.45) is -4.64. The third-order valence-electron chi connectivity index (χ3n) is 5.92. The lowest BCUT2D eigenvalue weighted by molar-refractivity contribution is -0.137. The first-order valence-electron chi connectivity index (χ1n) is 10.8. The van der Waals surface area contributed by atoms with E-state index in [0.29, 0.717) is 22.7 Å². The van der Waals surface area contributed by atoms with Gasteiger partial charge >= 0.3 is 6.18 Å². The van der Waals surface area contributed by atoms with E-state index in [4.69, 9.17) is 9.47 Å². The van der Waals surface area contributed by atoms with Crippen molar-refractivity contribution in [3.8, 4) is 11.5 Å². The van der Waals surface area contributed by atoms with Gasteiger partial charge in [0.1, 0.15) is 11.5 Å². The third kappa shape index (κ3) is 5.08. The zero-order valence-corrected chi connectivity index (χ0v) is 19.0. The SMILES string of the molecule is COc1ccc([C@H]2[C@H](C(=O)Nc3cccc(C(F)(F)F)c3)CC(=O)N2c2ccc(OC)cc2)cc1. The molecule has 2 amide bonds. The van der Waals surface area contributed by atoms with Gasteiger partial charge < -0.3 is 19.7 Å². The van der Waals surface area contributed by atoms with Gasteiger partial charge in [0.05, 0.1) is 31.7 Å². The summed E-state index contributed by atoms with van der Waals surface area (Å²) in [5.74, 6) is -0.443. The number of benzene rings is 3. The fourth-order valence-corrected chi connectivity index (χ4v) is 4.21. The van der Waals surface area contributed by atoms with Crippen LogP contribution >= 0.6 is 0 Å². The van der Waals surface area contributed by atoms with E-state index in [2.05, 4.69) is 5.32 Å². The van der Waals surface area contributed by atoms with Gasteiger partial charge in [-0.05, 0) is 60.2 Å². The second-order valence-corrected chi connectivity index (χ2v) is 8.06. The van der Waals surface area contributed by atoms with Gasteiger partial charge in [-0.2, -0.15) is 13.2 Å². The first-order valence-corrected chi connectivity index (χ1v) is 10.8. The summed E-state index contributed by atoms with van der Waals surface area (Å²) in [4.78, 5) is 28.0. The van der Waals surface area contributed by atoms with E-state index >= 15 is 0 Å². The van der Waals surface area contributed by atoms with Gasteiger partial charge in [-0.1, -0.05) is 18.2 Å². The molecule has 3 aromatic rings. The van der Waals surface area contributed by atoms with Crippen molar-refractivity contribution in [3.05, 3.63) is 83.9 Å². The summed E-state index contributed by atoms with van der Waals surface area (Å²) in [5.41, 5.74) is 0.403. The largest absolute Gasteiger partial charge is 0.497 e. The van der Waals surface area contributed by atoms with Crippen LogP contribution in [-0.4, -0.2) is 26.0 Å². The van der Waals surface area contributed by atoms with Crippen LogP contribution in [0.4, 0.5) is 24.5 Å². The van der Waals surface area contributed by atoms with E-state index < -0.39 is 29.6 Å². The maximum Gasteiger partial charge on any atom is 0.416 e. The average Bonchev–Trinajstić information content (AvgIpc) is 3.21. The predicted molar refractivity (Wildman–Crippen MR) is 124 cm³/mol. The Bertz CT molecular complexity index is 1210. The number of halogens is 3. The molecule has 1 fully saturated rings.